The van der Waals surface area contributed by atoms with Crippen molar-refractivity contribution < 1.29 is 4.79 Å². The molecule has 2 nitrogen and oxygen atoms in total. The maximum absolute atomic E-state index is 12.4. The Morgan fingerprint density at radius 1 is 1.21 bits per heavy atom. The lowest BCUT2D eigenvalue weighted by atomic mass is 10.2. The average Bonchev–Trinajstić information content (AvgIpc) is 2.85. The Kier molecular flexibility index (Phi) is 5.25. The summed E-state index contributed by atoms with van der Waals surface area (Å²) in [5.41, 5.74) is 1.08. The van der Waals surface area contributed by atoms with Gasteiger partial charge in [0.25, 0.3) is 5.91 Å². The third kappa shape index (κ3) is 3.72. The Balaban J connectivity index is 2.16. The predicted molar refractivity (Wildman–Crippen MR) is 81.2 cm³/mol. The smallest absolute Gasteiger partial charge is 0.265 e. The van der Waals surface area contributed by atoms with Gasteiger partial charge in [-0.3, -0.25) is 4.79 Å². The molecule has 2 rings (SSSR count). The molecule has 1 aromatic heterocycles. The van der Waals surface area contributed by atoms with Gasteiger partial charge < -0.3 is 4.90 Å². The first-order chi connectivity index (χ1) is 9.22. The zero-order chi connectivity index (χ0) is 13.7. The van der Waals surface area contributed by atoms with Crippen LogP contribution in [-0.4, -0.2) is 23.2 Å². The van der Waals surface area contributed by atoms with Gasteiger partial charge in [0.1, 0.15) is 4.88 Å². The quantitative estimate of drug-likeness (QED) is 0.754. The molecular formula is C14H13Cl2NOS. The van der Waals surface area contributed by atoms with Crippen LogP contribution < -0.4 is 0 Å². The zero-order valence-electron chi connectivity index (χ0n) is 10.2. The summed E-state index contributed by atoms with van der Waals surface area (Å²) in [6.07, 6.45) is 0. The van der Waals surface area contributed by atoms with Gasteiger partial charge in [0, 0.05) is 19.0 Å². The van der Waals surface area contributed by atoms with E-state index in [-0.39, 0.29) is 5.91 Å². The largest absolute Gasteiger partial charge is 0.332 e. The summed E-state index contributed by atoms with van der Waals surface area (Å²) >= 11 is 13.2. The lowest BCUT2D eigenvalue weighted by Gasteiger charge is -2.21. The van der Waals surface area contributed by atoms with Crippen LogP contribution in [-0.2, 0) is 6.54 Å². The number of nitrogens with zero attached hydrogens (tertiary/aromatic N) is 1. The molecule has 0 spiro atoms. The number of hydrogen-bond donors (Lipinski definition) is 0. The standard InChI is InChI=1S/C14H13Cl2NOS/c15-7-8-17(10-11-4-2-1-3-5-11)14(18)13-12(16)6-9-19-13/h1-6,9H,7-8,10H2. The van der Waals surface area contributed by atoms with E-state index < -0.39 is 0 Å². The van der Waals surface area contributed by atoms with Crippen molar-refractivity contribution in [1.29, 1.82) is 0 Å². The summed E-state index contributed by atoms with van der Waals surface area (Å²) in [6.45, 7) is 1.05. The van der Waals surface area contributed by atoms with Gasteiger partial charge in [0.15, 0.2) is 0 Å². The number of carbonyl (C=O) groups is 1. The summed E-state index contributed by atoms with van der Waals surface area (Å²) in [5, 5.41) is 2.32. The molecule has 0 unspecified atom stereocenters. The van der Waals surface area contributed by atoms with Crippen molar-refractivity contribution in [2.45, 2.75) is 6.54 Å². The van der Waals surface area contributed by atoms with Gasteiger partial charge in [0.05, 0.1) is 5.02 Å². The number of halogens is 2. The number of carbonyl (C=O) groups excluding carboxylic acids is 1. The fourth-order valence-electron chi connectivity index (χ4n) is 1.75. The van der Waals surface area contributed by atoms with Crippen LogP contribution in [0.4, 0.5) is 0 Å². The Morgan fingerprint density at radius 3 is 2.53 bits per heavy atom. The Hall–Kier alpha value is -1.03. The maximum Gasteiger partial charge on any atom is 0.265 e. The van der Waals surface area contributed by atoms with Gasteiger partial charge in [-0.1, -0.05) is 41.9 Å². The van der Waals surface area contributed by atoms with Gasteiger partial charge in [-0.15, -0.1) is 22.9 Å². The molecule has 0 aliphatic carbocycles. The predicted octanol–water partition coefficient (Wildman–Crippen LogP) is 4.28. The van der Waals surface area contributed by atoms with E-state index in [9.17, 15) is 4.79 Å². The first-order valence-electron chi connectivity index (χ1n) is 5.84. The Bertz CT molecular complexity index is 541. The lowest BCUT2D eigenvalue weighted by Crippen LogP contribution is -2.31. The summed E-state index contributed by atoms with van der Waals surface area (Å²) in [6, 6.07) is 11.6. The molecule has 0 saturated carbocycles. The van der Waals surface area contributed by atoms with E-state index in [1.54, 1.807) is 11.0 Å². The first-order valence-corrected chi connectivity index (χ1v) is 7.63. The van der Waals surface area contributed by atoms with Crippen LogP contribution in [0.2, 0.25) is 5.02 Å². The van der Waals surface area contributed by atoms with Gasteiger partial charge in [-0.25, -0.2) is 0 Å². The molecule has 1 heterocycles. The van der Waals surface area contributed by atoms with E-state index in [4.69, 9.17) is 23.2 Å². The highest BCUT2D eigenvalue weighted by Gasteiger charge is 2.19. The highest BCUT2D eigenvalue weighted by Crippen LogP contribution is 2.24. The van der Waals surface area contributed by atoms with E-state index in [0.717, 1.165) is 5.56 Å². The SMILES string of the molecule is O=C(c1sccc1Cl)N(CCCl)Cc1ccccc1. The van der Waals surface area contributed by atoms with Crippen molar-refractivity contribution in [3.05, 3.63) is 57.2 Å². The molecule has 5 heteroatoms. The van der Waals surface area contributed by atoms with E-state index in [1.807, 2.05) is 35.7 Å². The summed E-state index contributed by atoms with van der Waals surface area (Å²) < 4.78 is 0. The molecule has 0 aliphatic rings. The van der Waals surface area contributed by atoms with Gasteiger partial charge in [-0.05, 0) is 17.0 Å². The minimum Gasteiger partial charge on any atom is -0.332 e. The van der Waals surface area contributed by atoms with Gasteiger partial charge >= 0.3 is 0 Å². The molecule has 2 aromatic rings. The molecule has 19 heavy (non-hydrogen) atoms. The minimum absolute atomic E-state index is 0.0653. The second kappa shape index (κ2) is 6.94. The van der Waals surface area contributed by atoms with Gasteiger partial charge in [0.2, 0.25) is 0 Å². The molecule has 0 fully saturated rings. The highest BCUT2D eigenvalue weighted by molar-refractivity contribution is 7.12. The molecular weight excluding hydrogens is 301 g/mol. The van der Waals surface area contributed by atoms with Crippen molar-refractivity contribution in [2.24, 2.45) is 0 Å². The first kappa shape index (κ1) is 14.4. The summed E-state index contributed by atoms with van der Waals surface area (Å²) in [4.78, 5) is 14.7. The second-order valence-corrected chi connectivity index (χ2v) is 5.70. The van der Waals surface area contributed by atoms with E-state index in [1.165, 1.54) is 11.3 Å². The van der Waals surface area contributed by atoms with Crippen LogP contribution in [0.25, 0.3) is 0 Å². The molecule has 0 N–H and O–H groups in total. The molecule has 100 valence electrons. The molecule has 0 aliphatic heterocycles. The maximum atomic E-state index is 12.4. The minimum atomic E-state index is -0.0653. The van der Waals surface area contributed by atoms with Crippen LogP contribution in [0.1, 0.15) is 15.2 Å². The third-order valence-corrected chi connectivity index (χ3v) is 4.17. The second-order valence-electron chi connectivity index (χ2n) is 4.00. The van der Waals surface area contributed by atoms with E-state index in [0.29, 0.717) is 28.9 Å². The van der Waals surface area contributed by atoms with Crippen LogP contribution in [0.3, 0.4) is 0 Å². The summed E-state index contributed by atoms with van der Waals surface area (Å²) in [7, 11) is 0. The van der Waals surface area contributed by atoms with E-state index >= 15 is 0 Å². The number of thiophene rings is 1. The molecule has 0 bridgehead atoms. The van der Waals surface area contributed by atoms with Crippen LogP contribution in [0.15, 0.2) is 41.8 Å². The van der Waals surface area contributed by atoms with Crippen LogP contribution >= 0.6 is 34.5 Å². The molecule has 0 atom stereocenters. The van der Waals surface area contributed by atoms with Crippen LogP contribution in [0.5, 0.6) is 0 Å². The monoisotopic (exact) mass is 313 g/mol. The molecule has 0 radical (unpaired) electrons. The Labute approximate surface area is 126 Å². The molecule has 0 saturated heterocycles. The number of amides is 1. The number of rotatable bonds is 5. The highest BCUT2D eigenvalue weighted by atomic mass is 35.5. The lowest BCUT2D eigenvalue weighted by molar-refractivity contribution is 0.0759. The van der Waals surface area contributed by atoms with Crippen molar-refractivity contribution in [2.75, 3.05) is 12.4 Å². The fraction of sp³-hybridized carbons (Fsp3) is 0.214. The zero-order valence-corrected chi connectivity index (χ0v) is 12.5. The van der Waals surface area contributed by atoms with Crippen molar-refractivity contribution in [3.63, 3.8) is 0 Å². The molecule has 1 amide bonds. The van der Waals surface area contributed by atoms with Crippen molar-refractivity contribution >= 4 is 40.4 Å². The number of alkyl halides is 1. The third-order valence-electron chi connectivity index (χ3n) is 2.67. The Morgan fingerprint density at radius 2 is 1.95 bits per heavy atom. The summed E-state index contributed by atoms with van der Waals surface area (Å²) in [5.74, 6) is 0.339. The number of benzene rings is 1. The average molecular weight is 314 g/mol. The topological polar surface area (TPSA) is 20.3 Å². The molecule has 1 aromatic carbocycles. The number of hydrogen-bond acceptors (Lipinski definition) is 2. The fourth-order valence-corrected chi connectivity index (χ4v) is 3.06. The van der Waals surface area contributed by atoms with Crippen molar-refractivity contribution in [3.8, 4) is 0 Å². The van der Waals surface area contributed by atoms with Crippen LogP contribution in [0, 0.1) is 0 Å². The van der Waals surface area contributed by atoms with E-state index in [2.05, 4.69) is 0 Å². The van der Waals surface area contributed by atoms with Crippen molar-refractivity contribution in [1.82, 2.24) is 4.90 Å². The van der Waals surface area contributed by atoms with Gasteiger partial charge in [-0.2, -0.15) is 0 Å². The normalized spacial score (nSPS) is 10.4.